The van der Waals surface area contributed by atoms with Crippen molar-refractivity contribution in [3.05, 3.63) is 82.7 Å². The van der Waals surface area contributed by atoms with E-state index < -0.39 is 0 Å². The van der Waals surface area contributed by atoms with Crippen LogP contribution in [0.5, 0.6) is 0 Å². The van der Waals surface area contributed by atoms with Crippen LogP contribution in [0.2, 0.25) is 5.02 Å². The van der Waals surface area contributed by atoms with Gasteiger partial charge in [0.25, 0.3) is 0 Å². The van der Waals surface area contributed by atoms with Gasteiger partial charge >= 0.3 is 0 Å². The maximum Gasteiger partial charge on any atom is 0.122 e. The van der Waals surface area contributed by atoms with Gasteiger partial charge in [0.05, 0.1) is 18.3 Å². The Morgan fingerprint density at radius 1 is 1.15 bits per heavy atom. The van der Waals surface area contributed by atoms with Gasteiger partial charge in [-0.25, -0.2) is 4.98 Å². The Kier molecular flexibility index (Phi) is 5.05. The molecule has 0 bridgehead atoms. The third-order valence-electron chi connectivity index (χ3n) is 5.13. The second kappa shape index (κ2) is 7.60. The first kappa shape index (κ1) is 17.3. The smallest absolute Gasteiger partial charge is 0.122 e. The molecule has 1 aromatic carbocycles. The van der Waals surface area contributed by atoms with Gasteiger partial charge in [0.15, 0.2) is 0 Å². The molecule has 4 nitrogen and oxygen atoms in total. The van der Waals surface area contributed by atoms with Crippen LogP contribution in [-0.2, 0) is 20.0 Å². The first-order valence-electron chi connectivity index (χ1n) is 9.10. The fourth-order valence-corrected chi connectivity index (χ4v) is 3.90. The van der Waals surface area contributed by atoms with Crippen molar-refractivity contribution in [3.63, 3.8) is 0 Å². The van der Waals surface area contributed by atoms with Crippen LogP contribution in [0.4, 0.5) is 0 Å². The summed E-state index contributed by atoms with van der Waals surface area (Å²) in [6, 6.07) is 14.7. The zero-order chi connectivity index (χ0) is 17.9. The number of rotatable bonds is 5. The van der Waals surface area contributed by atoms with Crippen LogP contribution in [-0.4, -0.2) is 26.0 Å². The van der Waals surface area contributed by atoms with Gasteiger partial charge in [-0.15, -0.1) is 0 Å². The molecule has 5 heteroatoms. The molecular formula is C21H23ClN4. The predicted molar refractivity (Wildman–Crippen MR) is 104 cm³/mol. The molecule has 134 valence electrons. The Hall–Kier alpha value is -2.17. The van der Waals surface area contributed by atoms with Crippen LogP contribution in [0.25, 0.3) is 0 Å². The number of imidazole rings is 1. The summed E-state index contributed by atoms with van der Waals surface area (Å²) in [5, 5.41) is 0.803. The van der Waals surface area contributed by atoms with Gasteiger partial charge < -0.3 is 4.57 Å². The fourth-order valence-electron chi connectivity index (χ4n) is 3.70. The van der Waals surface area contributed by atoms with E-state index in [4.69, 9.17) is 16.6 Å². The summed E-state index contributed by atoms with van der Waals surface area (Å²) < 4.78 is 2.09. The Bertz CT molecular complexity index is 889. The van der Waals surface area contributed by atoms with Crippen LogP contribution in [0.15, 0.2) is 54.9 Å². The number of hydrogen-bond acceptors (Lipinski definition) is 3. The van der Waals surface area contributed by atoms with E-state index in [2.05, 4.69) is 45.8 Å². The molecule has 1 fully saturated rings. The van der Waals surface area contributed by atoms with Crippen LogP contribution >= 0.6 is 11.6 Å². The molecule has 1 saturated heterocycles. The first-order valence-corrected chi connectivity index (χ1v) is 9.48. The molecule has 1 atom stereocenters. The van der Waals surface area contributed by atoms with Gasteiger partial charge in [0.2, 0.25) is 0 Å². The van der Waals surface area contributed by atoms with Crippen LogP contribution in [0, 0.1) is 0 Å². The van der Waals surface area contributed by atoms with Crippen LogP contribution < -0.4 is 0 Å². The fraction of sp³-hybridized carbons (Fsp3) is 0.333. The SMILES string of the molecule is Cn1ccnc1CN1CCC[C@@H]1c1cccc(Cc2ccccc2Cl)n1. The third-order valence-corrected chi connectivity index (χ3v) is 5.50. The van der Waals surface area contributed by atoms with Gasteiger partial charge in [0.1, 0.15) is 5.82 Å². The highest BCUT2D eigenvalue weighted by Gasteiger charge is 2.28. The van der Waals surface area contributed by atoms with Crippen molar-refractivity contribution >= 4 is 11.6 Å². The molecule has 0 amide bonds. The molecule has 1 aliphatic rings. The van der Waals surface area contributed by atoms with Crippen molar-refractivity contribution in [2.24, 2.45) is 7.05 Å². The second-order valence-corrected chi connectivity index (χ2v) is 7.31. The van der Waals surface area contributed by atoms with Crippen molar-refractivity contribution in [3.8, 4) is 0 Å². The standard InChI is InChI=1S/C21H23ClN4/c1-25-13-11-23-21(25)15-26-12-5-10-20(26)19-9-4-7-17(24-19)14-16-6-2-3-8-18(16)22/h2-4,6-9,11,13,20H,5,10,12,14-15H2,1H3/t20-/m1/s1. The summed E-state index contributed by atoms with van der Waals surface area (Å²) in [6.45, 7) is 1.96. The summed E-state index contributed by atoms with van der Waals surface area (Å²) in [4.78, 5) is 11.9. The molecule has 0 N–H and O–H groups in total. The Labute approximate surface area is 159 Å². The first-order chi connectivity index (χ1) is 12.7. The van der Waals surface area contributed by atoms with Crippen molar-refractivity contribution < 1.29 is 0 Å². The Balaban J connectivity index is 1.53. The minimum absolute atomic E-state index is 0.359. The molecule has 1 aliphatic heterocycles. The van der Waals surface area contributed by atoms with Crippen molar-refractivity contribution in [1.82, 2.24) is 19.4 Å². The number of halogens is 1. The predicted octanol–water partition coefficient (Wildman–Crippen LogP) is 4.40. The highest BCUT2D eigenvalue weighted by molar-refractivity contribution is 6.31. The molecule has 26 heavy (non-hydrogen) atoms. The molecule has 0 aliphatic carbocycles. The minimum Gasteiger partial charge on any atom is -0.337 e. The van der Waals surface area contributed by atoms with Gasteiger partial charge in [-0.2, -0.15) is 0 Å². The number of benzene rings is 1. The van der Waals surface area contributed by atoms with E-state index >= 15 is 0 Å². The number of aromatic nitrogens is 3. The molecule has 3 heterocycles. The molecule has 0 spiro atoms. The summed E-state index contributed by atoms with van der Waals surface area (Å²) in [6.07, 6.45) is 6.98. The highest BCUT2D eigenvalue weighted by Crippen LogP contribution is 2.32. The number of pyridine rings is 1. The van der Waals surface area contributed by atoms with Crippen molar-refractivity contribution in [2.45, 2.75) is 31.8 Å². The van der Waals surface area contributed by atoms with E-state index in [1.165, 1.54) is 6.42 Å². The zero-order valence-electron chi connectivity index (χ0n) is 15.0. The molecule has 3 aromatic rings. The van der Waals surface area contributed by atoms with Crippen molar-refractivity contribution in [2.75, 3.05) is 6.54 Å². The lowest BCUT2D eigenvalue weighted by molar-refractivity contribution is 0.236. The van der Waals surface area contributed by atoms with Gasteiger partial charge in [-0.05, 0) is 43.1 Å². The number of likely N-dealkylation sites (tertiary alicyclic amines) is 1. The zero-order valence-corrected chi connectivity index (χ0v) is 15.7. The maximum absolute atomic E-state index is 6.31. The minimum atomic E-state index is 0.359. The van der Waals surface area contributed by atoms with E-state index in [-0.39, 0.29) is 0 Å². The summed E-state index contributed by atoms with van der Waals surface area (Å²) in [5.41, 5.74) is 3.34. The van der Waals surface area contributed by atoms with Gasteiger partial charge in [-0.3, -0.25) is 9.88 Å². The molecule has 0 saturated carbocycles. The third kappa shape index (κ3) is 3.67. The number of nitrogens with zero attached hydrogens (tertiary/aromatic N) is 4. The monoisotopic (exact) mass is 366 g/mol. The topological polar surface area (TPSA) is 34.0 Å². The molecule has 0 radical (unpaired) electrons. The van der Waals surface area contributed by atoms with E-state index in [0.29, 0.717) is 6.04 Å². The number of hydrogen-bond donors (Lipinski definition) is 0. The average Bonchev–Trinajstić information content (AvgIpc) is 3.27. The van der Waals surface area contributed by atoms with Gasteiger partial charge in [-0.1, -0.05) is 35.9 Å². The average molecular weight is 367 g/mol. The summed E-state index contributed by atoms with van der Waals surface area (Å²) in [5.74, 6) is 1.10. The van der Waals surface area contributed by atoms with Crippen LogP contribution in [0.1, 0.15) is 41.7 Å². The maximum atomic E-state index is 6.31. The van der Waals surface area contributed by atoms with E-state index in [0.717, 1.165) is 53.7 Å². The van der Waals surface area contributed by atoms with Crippen molar-refractivity contribution in [1.29, 1.82) is 0 Å². The molecule has 2 aromatic heterocycles. The molecular weight excluding hydrogens is 344 g/mol. The van der Waals surface area contributed by atoms with Gasteiger partial charge in [0, 0.05) is 36.6 Å². The quantitative estimate of drug-likeness (QED) is 0.671. The largest absolute Gasteiger partial charge is 0.337 e. The molecule has 4 rings (SSSR count). The van der Waals surface area contributed by atoms with E-state index in [9.17, 15) is 0 Å². The number of aryl methyl sites for hydroxylation is 1. The van der Waals surface area contributed by atoms with E-state index in [1.807, 2.05) is 30.6 Å². The lowest BCUT2D eigenvalue weighted by Crippen LogP contribution is -2.25. The molecule has 0 unspecified atom stereocenters. The Morgan fingerprint density at radius 3 is 2.85 bits per heavy atom. The highest BCUT2D eigenvalue weighted by atomic mass is 35.5. The lowest BCUT2D eigenvalue weighted by atomic mass is 10.1. The van der Waals surface area contributed by atoms with Crippen LogP contribution in [0.3, 0.4) is 0 Å². The summed E-state index contributed by atoms with van der Waals surface area (Å²) >= 11 is 6.31. The normalized spacial score (nSPS) is 17.7. The Morgan fingerprint density at radius 2 is 2.04 bits per heavy atom. The summed E-state index contributed by atoms with van der Waals surface area (Å²) in [7, 11) is 2.05. The van der Waals surface area contributed by atoms with E-state index in [1.54, 1.807) is 0 Å². The lowest BCUT2D eigenvalue weighted by Gasteiger charge is -2.24. The second-order valence-electron chi connectivity index (χ2n) is 6.90.